The van der Waals surface area contributed by atoms with Gasteiger partial charge in [-0.2, -0.15) is 0 Å². The Bertz CT molecular complexity index is 730. The molecule has 28 heavy (non-hydrogen) atoms. The van der Waals surface area contributed by atoms with Gasteiger partial charge in [-0.3, -0.25) is 4.99 Å². The molecule has 2 aromatic rings. The standard InChI is InChI=1S/C22H31N3O2.HI/c1-17-12-18(2)14-19(13-17)8-9-24-22(23-3)25-16-20-6-5-7-21(15-20)27-11-10-26-4;/h5-7,12-15H,8-11,16H2,1-4H3,(H2,23,24,25);1H. The third-order valence-electron chi connectivity index (χ3n) is 4.13. The maximum absolute atomic E-state index is 5.65. The van der Waals surface area contributed by atoms with E-state index >= 15 is 0 Å². The highest BCUT2D eigenvalue weighted by molar-refractivity contribution is 14.0. The number of benzene rings is 2. The fourth-order valence-corrected chi connectivity index (χ4v) is 2.93. The van der Waals surface area contributed by atoms with Gasteiger partial charge in [0.1, 0.15) is 12.4 Å². The fourth-order valence-electron chi connectivity index (χ4n) is 2.93. The molecular weight excluding hydrogens is 465 g/mol. The van der Waals surface area contributed by atoms with Gasteiger partial charge in [0, 0.05) is 27.2 Å². The van der Waals surface area contributed by atoms with Gasteiger partial charge in [-0.1, -0.05) is 41.5 Å². The maximum atomic E-state index is 5.65. The van der Waals surface area contributed by atoms with Crippen molar-refractivity contribution in [3.05, 3.63) is 64.7 Å². The Morgan fingerprint density at radius 2 is 1.71 bits per heavy atom. The molecule has 0 aromatic heterocycles. The molecule has 0 aliphatic heterocycles. The first kappa shape index (κ1) is 24.2. The van der Waals surface area contributed by atoms with Crippen molar-refractivity contribution in [1.29, 1.82) is 0 Å². The van der Waals surface area contributed by atoms with Crippen molar-refractivity contribution in [2.75, 3.05) is 33.9 Å². The van der Waals surface area contributed by atoms with Crippen LogP contribution in [0.1, 0.15) is 22.3 Å². The monoisotopic (exact) mass is 497 g/mol. The van der Waals surface area contributed by atoms with E-state index in [-0.39, 0.29) is 24.0 Å². The van der Waals surface area contributed by atoms with Crippen molar-refractivity contribution in [3.8, 4) is 5.75 Å². The normalized spacial score (nSPS) is 10.9. The van der Waals surface area contributed by atoms with E-state index in [4.69, 9.17) is 9.47 Å². The zero-order valence-corrected chi connectivity index (χ0v) is 19.6. The van der Waals surface area contributed by atoms with Crippen LogP contribution in [0.25, 0.3) is 0 Å². The van der Waals surface area contributed by atoms with Gasteiger partial charge in [0.25, 0.3) is 0 Å². The molecule has 5 nitrogen and oxygen atoms in total. The minimum atomic E-state index is 0. The number of aliphatic imine (C=N–C) groups is 1. The summed E-state index contributed by atoms with van der Waals surface area (Å²) in [6.45, 7) is 6.93. The number of hydrogen-bond acceptors (Lipinski definition) is 3. The van der Waals surface area contributed by atoms with Crippen LogP contribution in [0.4, 0.5) is 0 Å². The Kier molecular flexibility index (Phi) is 11.6. The Balaban J connectivity index is 0.00000392. The second-order valence-corrected chi connectivity index (χ2v) is 6.59. The van der Waals surface area contributed by atoms with E-state index in [1.54, 1.807) is 14.2 Å². The number of nitrogens with zero attached hydrogens (tertiary/aromatic N) is 1. The van der Waals surface area contributed by atoms with E-state index in [1.807, 2.05) is 18.2 Å². The lowest BCUT2D eigenvalue weighted by Gasteiger charge is -2.13. The molecule has 2 aromatic carbocycles. The van der Waals surface area contributed by atoms with Gasteiger partial charge in [0.2, 0.25) is 0 Å². The summed E-state index contributed by atoms with van der Waals surface area (Å²) in [5.74, 6) is 1.65. The molecule has 0 radical (unpaired) electrons. The SMILES string of the molecule is CN=C(NCCc1cc(C)cc(C)c1)NCc1cccc(OCCOC)c1.I. The molecule has 2 rings (SSSR count). The average Bonchev–Trinajstić information content (AvgIpc) is 2.64. The zero-order chi connectivity index (χ0) is 19.5. The molecule has 0 saturated carbocycles. The number of halogens is 1. The van der Waals surface area contributed by atoms with Crippen molar-refractivity contribution < 1.29 is 9.47 Å². The van der Waals surface area contributed by atoms with Crippen LogP contribution < -0.4 is 15.4 Å². The Labute approximate surface area is 186 Å². The van der Waals surface area contributed by atoms with E-state index in [0.717, 1.165) is 30.2 Å². The maximum Gasteiger partial charge on any atom is 0.191 e. The molecule has 0 aliphatic carbocycles. The second kappa shape index (κ2) is 13.4. The fraction of sp³-hybridized carbons (Fsp3) is 0.409. The largest absolute Gasteiger partial charge is 0.491 e. The quantitative estimate of drug-likeness (QED) is 0.239. The zero-order valence-electron chi connectivity index (χ0n) is 17.2. The highest BCUT2D eigenvalue weighted by atomic mass is 127. The molecule has 0 atom stereocenters. The Morgan fingerprint density at radius 1 is 0.964 bits per heavy atom. The van der Waals surface area contributed by atoms with Gasteiger partial charge in [-0.05, 0) is 43.5 Å². The molecule has 0 spiro atoms. The summed E-state index contributed by atoms with van der Waals surface area (Å²) in [5, 5.41) is 6.72. The van der Waals surface area contributed by atoms with Gasteiger partial charge in [-0.15, -0.1) is 24.0 Å². The number of hydrogen-bond donors (Lipinski definition) is 2. The predicted octanol–water partition coefficient (Wildman–Crippen LogP) is 3.85. The van der Waals surface area contributed by atoms with Crippen LogP contribution in [-0.4, -0.2) is 39.9 Å². The van der Waals surface area contributed by atoms with E-state index in [1.165, 1.54) is 16.7 Å². The molecule has 0 amide bonds. The summed E-state index contributed by atoms with van der Waals surface area (Å²) in [6, 6.07) is 14.7. The lowest BCUT2D eigenvalue weighted by Crippen LogP contribution is -2.37. The second-order valence-electron chi connectivity index (χ2n) is 6.59. The number of aryl methyl sites for hydroxylation is 2. The van der Waals surface area contributed by atoms with Crippen molar-refractivity contribution in [1.82, 2.24) is 10.6 Å². The van der Waals surface area contributed by atoms with Crippen molar-refractivity contribution >= 4 is 29.9 Å². The molecular formula is C22H32IN3O2. The van der Waals surface area contributed by atoms with E-state index < -0.39 is 0 Å². The van der Waals surface area contributed by atoms with Crippen LogP contribution in [0.2, 0.25) is 0 Å². The number of ether oxygens (including phenoxy) is 2. The Morgan fingerprint density at radius 3 is 2.39 bits per heavy atom. The molecule has 0 heterocycles. The third kappa shape index (κ3) is 8.93. The average molecular weight is 497 g/mol. The minimum Gasteiger partial charge on any atom is -0.491 e. The molecule has 0 bridgehead atoms. The lowest BCUT2D eigenvalue weighted by atomic mass is 10.1. The molecule has 0 unspecified atom stereocenters. The molecule has 0 aliphatic rings. The molecule has 0 fully saturated rings. The first-order valence-electron chi connectivity index (χ1n) is 9.33. The lowest BCUT2D eigenvalue weighted by molar-refractivity contribution is 0.146. The van der Waals surface area contributed by atoms with Gasteiger partial charge >= 0.3 is 0 Å². The number of nitrogens with one attached hydrogen (secondary N) is 2. The Hall–Kier alpha value is -1.80. The first-order valence-corrected chi connectivity index (χ1v) is 9.33. The van der Waals surface area contributed by atoms with Gasteiger partial charge in [0.05, 0.1) is 6.61 Å². The van der Waals surface area contributed by atoms with Crippen LogP contribution in [0.15, 0.2) is 47.5 Å². The van der Waals surface area contributed by atoms with Crippen LogP contribution in [0, 0.1) is 13.8 Å². The topological polar surface area (TPSA) is 54.9 Å². The van der Waals surface area contributed by atoms with E-state index in [2.05, 4.69) is 53.7 Å². The highest BCUT2D eigenvalue weighted by Crippen LogP contribution is 2.13. The van der Waals surface area contributed by atoms with Gasteiger partial charge in [0.15, 0.2) is 5.96 Å². The summed E-state index contributed by atoms with van der Waals surface area (Å²) >= 11 is 0. The number of guanidine groups is 1. The van der Waals surface area contributed by atoms with E-state index in [9.17, 15) is 0 Å². The first-order chi connectivity index (χ1) is 13.1. The molecule has 6 heteroatoms. The van der Waals surface area contributed by atoms with Crippen LogP contribution in [0.5, 0.6) is 5.75 Å². The third-order valence-corrected chi connectivity index (χ3v) is 4.13. The van der Waals surface area contributed by atoms with Gasteiger partial charge < -0.3 is 20.1 Å². The molecule has 154 valence electrons. The van der Waals surface area contributed by atoms with Crippen molar-refractivity contribution in [3.63, 3.8) is 0 Å². The smallest absolute Gasteiger partial charge is 0.191 e. The van der Waals surface area contributed by atoms with Crippen molar-refractivity contribution in [2.45, 2.75) is 26.8 Å². The molecule has 0 saturated heterocycles. The predicted molar refractivity (Wildman–Crippen MR) is 127 cm³/mol. The van der Waals surface area contributed by atoms with Gasteiger partial charge in [-0.25, -0.2) is 0 Å². The summed E-state index contributed by atoms with van der Waals surface area (Å²) in [5.41, 5.74) is 5.10. The number of rotatable bonds is 9. The summed E-state index contributed by atoms with van der Waals surface area (Å²) < 4.78 is 10.7. The summed E-state index contributed by atoms with van der Waals surface area (Å²) in [6.07, 6.45) is 0.964. The van der Waals surface area contributed by atoms with E-state index in [0.29, 0.717) is 19.8 Å². The summed E-state index contributed by atoms with van der Waals surface area (Å²) in [7, 11) is 3.46. The minimum absolute atomic E-state index is 0. The highest BCUT2D eigenvalue weighted by Gasteiger charge is 2.02. The summed E-state index contributed by atoms with van der Waals surface area (Å²) in [4.78, 5) is 4.30. The van der Waals surface area contributed by atoms with Crippen LogP contribution >= 0.6 is 24.0 Å². The van der Waals surface area contributed by atoms with Crippen LogP contribution in [0.3, 0.4) is 0 Å². The van der Waals surface area contributed by atoms with Crippen molar-refractivity contribution in [2.24, 2.45) is 4.99 Å². The number of methoxy groups -OCH3 is 1. The molecule has 2 N–H and O–H groups in total. The van der Waals surface area contributed by atoms with Crippen LogP contribution in [-0.2, 0) is 17.7 Å².